The summed E-state index contributed by atoms with van der Waals surface area (Å²) in [7, 11) is 0. The number of hydrogen-bond donors (Lipinski definition) is 0. The smallest absolute Gasteiger partial charge is 0.226 e. The Morgan fingerprint density at radius 1 is 1.21 bits per heavy atom. The molecule has 0 saturated heterocycles. The first-order valence-electron chi connectivity index (χ1n) is 8.51. The van der Waals surface area contributed by atoms with Crippen molar-refractivity contribution in [2.45, 2.75) is 45.2 Å². The van der Waals surface area contributed by atoms with E-state index in [-0.39, 0.29) is 23.6 Å². The maximum atomic E-state index is 13.0. The van der Waals surface area contributed by atoms with Crippen LogP contribution in [-0.2, 0) is 17.9 Å². The molecule has 1 aliphatic carbocycles. The molecule has 0 radical (unpaired) electrons. The monoisotopic (exact) mass is 328 g/mol. The summed E-state index contributed by atoms with van der Waals surface area (Å²) in [5, 5.41) is 8.52. The largest absolute Gasteiger partial charge is 0.333 e. The Morgan fingerprint density at radius 2 is 1.96 bits per heavy atom. The standard InChI is InChI=1S/C18H21FN4O/c1-11(2)17-21-20-16-10-22(7-8-23(16)17)18(24)15-9-14(15)12-3-5-13(19)6-4-12/h3-6,11,14-15H,7-10H2,1-2H3. The lowest BCUT2D eigenvalue weighted by Crippen LogP contribution is -2.39. The average Bonchev–Trinajstić information content (AvgIpc) is 3.25. The molecule has 2 aliphatic rings. The first-order valence-corrected chi connectivity index (χ1v) is 8.51. The Hall–Kier alpha value is -2.24. The summed E-state index contributed by atoms with van der Waals surface area (Å²) < 4.78 is 15.2. The first-order chi connectivity index (χ1) is 11.5. The van der Waals surface area contributed by atoms with Gasteiger partial charge >= 0.3 is 0 Å². The normalized spacial score (nSPS) is 22.6. The minimum Gasteiger partial charge on any atom is -0.333 e. The molecule has 1 saturated carbocycles. The van der Waals surface area contributed by atoms with E-state index in [1.54, 1.807) is 12.1 Å². The lowest BCUT2D eigenvalue weighted by atomic mass is 10.1. The van der Waals surface area contributed by atoms with E-state index in [9.17, 15) is 9.18 Å². The SMILES string of the molecule is CC(C)c1nnc2n1CCN(C(=O)C1CC1c1ccc(F)cc1)C2. The molecule has 2 heterocycles. The summed E-state index contributed by atoms with van der Waals surface area (Å²) in [6, 6.07) is 6.50. The van der Waals surface area contributed by atoms with Crippen LogP contribution in [0.1, 0.15) is 49.3 Å². The van der Waals surface area contributed by atoms with Crippen molar-refractivity contribution in [1.29, 1.82) is 0 Å². The molecule has 0 spiro atoms. The van der Waals surface area contributed by atoms with E-state index in [0.29, 0.717) is 19.0 Å². The second-order valence-corrected chi connectivity index (χ2v) is 7.04. The van der Waals surface area contributed by atoms with Gasteiger partial charge in [0, 0.05) is 24.9 Å². The highest BCUT2D eigenvalue weighted by Crippen LogP contribution is 2.48. The second kappa shape index (κ2) is 5.69. The van der Waals surface area contributed by atoms with Crippen LogP contribution in [0.3, 0.4) is 0 Å². The molecule has 6 heteroatoms. The summed E-state index contributed by atoms with van der Waals surface area (Å²) in [5.74, 6) is 2.40. The summed E-state index contributed by atoms with van der Waals surface area (Å²) in [5.41, 5.74) is 1.05. The van der Waals surface area contributed by atoms with E-state index in [4.69, 9.17) is 0 Å². The minimum atomic E-state index is -0.237. The Kier molecular flexibility index (Phi) is 3.62. The van der Waals surface area contributed by atoms with Crippen LogP contribution in [0, 0.1) is 11.7 Å². The van der Waals surface area contributed by atoms with Gasteiger partial charge in [-0.25, -0.2) is 4.39 Å². The van der Waals surface area contributed by atoms with Crippen LogP contribution in [0.25, 0.3) is 0 Å². The quantitative estimate of drug-likeness (QED) is 0.870. The molecule has 2 atom stereocenters. The number of rotatable bonds is 3. The van der Waals surface area contributed by atoms with Crippen molar-refractivity contribution in [3.63, 3.8) is 0 Å². The number of aromatic nitrogens is 3. The lowest BCUT2D eigenvalue weighted by molar-refractivity contribution is -0.134. The molecule has 1 fully saturated rings. The summed E-state index contributed by atoms with van der Waals surface area (Å²) in [6.07, 6.45) is 0.852. The molecule has 1 aromatic carbocycles. The van der Waals surface area contributed by atoms with Crippen LogP contribution in [0.5, 0.6) is 0 Å². The molecular formula is C18H21FN4O. The third kappa shape index (κ3) is 2.60. The van der Waals surface area contributed by atoms with E-state index in [0.717, 1.165) is 30.2 Å². The predicted molar refractivity (Wildman–Crippen MR) is 86.8 cm³/mol. The molecule has 1 amide bonds. The van der Waals surface area contributed by atoms with Gasteiger partial charge in [-0.15, -0.1) is 10.2 Å². The molecule has 5 nitrogen and oxygen atoms in total. The van der Waals surface area contributed by atoms with Gasteiger partial charge in [0.2, 0.25) is 5.91 Å². The fourth-order valence-corrected chi connectivity index (χ4v) is 3.58. The Labute approximate surface area is 140 Å². The predicted octanol–water partition coefficient (Wildman–Crippen LogP) is 2.69. The van der Waals surface area contributed by atoms with Crippen LogP contribution in [0.2, 0.25) is 0 Å². The number of amides is 1. The van der Waals surface area contributed by atoms with Crippen LogP contribution in [-0.4, -0.2) is 32.1 Å². The van der Waals surface area contributed by atoms with Crippen molar-refractivity contribution in [3.05, 3.63) is 47.3 Å². The van der Waals surface area contributed by atoms with Crippen molar-refractivity contribution in [2.75, 3.05) is 6.54 Å². The summed E-state index contributed by atoms with van der Waals surface area (Å²) in [6.45, 7) is 6.20. The van der Waals surface area contributed by atoms with E-state index >= 15 is 0 Å². The topological polar surface area (TPSA) is 51.0 Å². The van der Waals surface area contributed by atoms with Crippen LogP contribution in [0.4, 0.5) is 4.39 Å². The van der Waals surface area contributed by atoms with Gasteiger partial charge in [0.1, 0.15) is 11.6 Å². The molecule has 2 aromatic rings. The molecule has 0 N–H and O–H groups in total. The Bertz CT molecular complexity index is 768. The maximum absolute atomic E-state index is 13.0. The molecule has 2 unspecified atom stereocenters. The summed E-state index contributed by atoms with van der Waals surface area (Å²) >= 11 is 0. The number of nitrogens with zero attached hydrogens (tertiary/aromatic N) is 4. The Morgan fingerprint density at radius 3 is 2.67 bits per heavy atom. The van der Waals surface area contributed by atoms with E-state index in [1.807, 2.05) is 4.90 Å². The van der Waals surface area contributed by atoms with E-state index in [1.165, 1.54) is 12.1 Å². The number of fused-ring (bicyclic) bond motifs is 1. The molecule has 1 aliphatic heterocycles. The van der Waals surface area contributed by atoms with E-state index < -0.39 is 0 Å². The van der Waals surface area contributed by atoms with Crippen LogP contribution < -0.4 is 0 Å². The van der Waals surface area contributed by atoms with Gasteiger partial charge in [0.25, 0.3) is 0 Å². The zero-order chi connectivity index (χ0) is 16.8. The van der Waals surface area contributed by atoms with Gasteiger partial charge in [-0.3, -0.25) is 4.79 Å². The number of benzene rings is 1. The van der Waals surface area contributed by atoms with Gasteiger partial charge in [-0.1, -0.05) is 26.0 Å². The average molecular weight is 328 g/mol. The third-order valence-electron chi connectivity index (χ3n) is 5.02. The fourth-order valence-electron chi connectivity index (χ4n) is 3.58. The molecule has 4 rings (SSSR count). The zero-order valence-electron chi connectivity index (χ0n) is 13.9. The Balaban J connectivity index is 1.44. The van der Waals surface area contributed by atoms with Gasteiger partial charge in [-0.05, 0) is 30.0 Å². The highest BCUT2D eigenvalue weighted by molar-refractivity contribution is 5.83. The molecule has 1 aromatic heterocycles. The maximum Gasteiger partial charge on any atom is 0.226 e. The van der Waals surface area contributed by atoms with Crippen molar-refractivity contribution in [2.24, 2.45) is 5.92 Å². The molecule has 24 heavy (non-hydrogen) atoms. The van der Waals surface area contributed by atoms with Gasteiger partial charge < -0.3 is 9.47 Å². The van der Waals surface area contributed by atoms with Gasteiger partial charge in [0.05, 0.1) is 6.54 Å². The zero-order valence-corrected chi connectivity index (χ0v) is 13.9. The number of carbonyl (C=O) groups is 1. The van der Waals surface area contributed by atoms with Gasteiger partial charge in [0.15, 0.2) is 5.82 Å². The third-order valence-corrected chi connectivity index (χ3v) is 5.02. The second-order valence-electron chi connectivity index (χ2n) is 7.04. The van der Waals surface area contributed by atoms with Crippen LogP contribution >= 0.6 is 0 Å². The van der Waals surface area contributed by atoms with Crippen molar-refractivity contribution < 1.29 is 9.18 Å². The van der Waals surface area contributed by atoms with E-state index in [2.05, 4.69) is 28.6 Å². The lowest BCUT2D eigenvalue weighted by Gasteiger charge is -2.28. The fraction of sp³-hybridized carbons (Fsp3) is 0.500. The number of halogens is 1. The molecule has 126 valence electrons. The van der Waals surface area contributed by atoms with Crippen molar-refractivity contribution in [1.82, 2.24) is 19.7 Å². The van der Waals surface area contributed by atoms with Gasteiger partial charge in [-0.2, -0.15) is 0 Å². The highest BCUT2D eigenvalue weighted by atomic mass is 19.1. The molecule has 0 bridgehead atoms. The first kappa shape index (κ1) is 15.3. The van der Waals surface area contributed by atoms with Crippen LogP contribution in [0.15, 0.2) is 24.3 Å². The van der Waals surface area contributed by atoms with Crippen molar-refractivity contribution >= 4 is 5.91 Å². The van der Waals surface area contributed by atoms with Crippen molar-refractivity contribution in [3.8, 4) is 0 Å². The molecular weight excluding hydrogens is 307 g/mol. The minimum absolute atomic E-state index is 0.0227. The summed E-state index contributed by atoms with van der Waals surface area (Å²) in [4.78, 5) is 14.6. The number of hydrogen-bond acceptors (Lipinski definition) is 3. The highest BCUT2D eigenvalue weighted by Gasteiger charge is 2.46. The number of carbonyl (C=O) groups excluding carboxylic acids is 1.